The quantitative estimate of drug-likeness (QED) is 0.857. The van der Waals surface area contributed by atoms with E-state index >= 15 is 0 Å². The minimum atomic E-state index is -2.58. The fraction of sp³-hybridized carbons (Fsp3) is 0.500. The molecule has 0 spiro atoms. The molecule has 3 rings (SSSR count). The lowest BCUT2D eigenvalue weighted by Gasteiger charge is -2.29. The molecule has 2 heterocycles. The van der Waals surface area contributed by atoms with E-state index in [0.717, 1.165) is 0 Å². The first-order valence-electron chi connectivity index (χ1n) is 7.25. The Hall–Kier alpha value is -1.83. The van der Waals surface area contributed by atoms with Crippen molar-refractivity contribution < 1.29 is 13.2 Å². The predicted octanol–water partition coefficient (Wildman–Crippen LogP) is 3.78. The molecule has 23 heavy (non-hydrogen) atoms. The van der Waals surface area contributed by atoms with Crippen LogP contribution in [0.15, 0.2) is 18.3 Å². The molecule has 1 fully saturated rings. The zero-order valence-electron chi connectivity index (χ0n) is 12.1. The molecule has 9 heteroatoms. The first kappa shape index (κ1) is 16.0. The summed E-state index contributed by atoms with van der Waals surface area (Å²) in [5.41, 5.74) is 0.262. The molecule has 0 radical (unpaired) electrons. The number of hydrogen-bond donors (Lipinski definition) is 1. The van der Waals surface area contributed by atoms with Gasteiger partial charge in [-0.05, 0) is 18.9 Å². The van der Waals surface area contributed by atoms with Crippen molar-refractivity contribution >= 4 is 17.4 Å². The van der Waals surface area contributed by atoms with E-state index < -0.39 is 12.6 Å². The Balaban J connectivity index is 1.75. The van der Waals surface area contributed by atoms with Crippen molar-refractivity contribution in [3.05, 3.63) is 29.2 Å². The second-order valence-electron chi connectivity index (χ2n) is 5.54. The van der Waals surface area contributed by atoms with E-state index in [2.05, 4.69) is 20.4 Å². The van der Waals surface area contributed by atoms with Crippen LogP contribution in [0.5, 0.6) is 0 Å². The molecule has 0 saturated heterocycles. The fourth-order valence-corrected chi connectivity index (χ4v) is 2.70. The van der Waals surface area contributed by atoms with Gasteiger partial charge >= 0.3 is 0 Å². The summed E-state index contributed by atoms with van der Waals surface area (Å²) in [5.74, 6) is -1.95. The monoisotopic (exact) mass is 345 g/mol. The van der Waals surface area contributed by atoms with Crippen LogP contribution in [0.1, 0.15) is 31.4 Å². The van der Waals surface area contributed by atoms with Crippen LogP contribution in [0.25, 0.3) is 5.95 Å². The third-order valence-electron chi connectivity index (χ3n) is 3.74. The first-order valence-corrected chi connectivity index (χ1v) is 7.63. The molecule has 0 bridgehead atoms. The number of alkyl halides is 3. The van der Waals surface area contributed by atoms with Crippen LogP contribution < -0.4 is 5.32 Å². The maximum atomic E-state index is 13.2. The third-order valence-corrected chi connectivity index (χ3v) is 3.93. The Labute approximate surface area is 135 Å². The summed E-state index contributed by atoms with van der Waals surface area (Å²) in [7, 11) is 0. The molecular weight excluding hydrogens is 331 g/mol. The topological polar surface area (TPSA) is 55.6 Å². The van der Waals surface area contributed by atoms with Crippen LogP contribution >= 0.6 is 11.6 Å². The van der Waals surface area contributed by atoms with E-state index in [1.54, 1.807) is 0 Å². The standard InChI is InChI=1S/C14H15ClF3N5/c15-11-7-12(19-9-1-4-14(17,18)5-2-9)21-13(20-11)23-6-3-10(8-16)22-23/h3,6-7,9H,1-2,4-5,8H2,(H,19,20,21). The lowest BCUT2D eigenvalue weighted by atomic mass is 9.92. The Bertz CT molecular complexity index is 681. The van der Waals surface area contributed by atoms with Crippen LogP contribution in [0, 0.1) is 0 Å². The van der Waals surface area contributed by atoms with Gasteiger partial charge in [-0.15, -0.1) is 0 Å². The second kappa shape index (κ2) is 6.35. The van der Waals surface area contributed by atoms with E-state index in [-0.39, 0.29) is 35.7 Å². The minimum Gasteiger partial charge on any atom is -0.367 e. The summed E-state index contributed by atoms with van der Waals surface area (Å²) in [6.45, 7) is -0.686. The van der Waals surface area contributed by atoms with Crippen molar-refractivity contribution in [2.24, 2.45) is 0 Å². The Morgan fingerprint density at radius 3 is 2.70 bits per heavy atom. The van der Waals surface area contributed by atoms with Crippen molar-refractivity contribution in [3.8, 4) is 5.95 Å². The maximum absolute atomic E-state index is 13.2. The van der Waals surface area contributed by atoms with Crippen molar-refractivity contribution in [2.75, 3.05) is 5.32 Å². The molecule has 1 N–H and O–H groups in total. The van der Waals surface area contributed by atoms with E-state index in [0.29, 0.717) is 18.7 Å². The summed E-state index contributed by atoms with van der Waals surface area (Å²) in [6.07, 6.45) is 1.96. The number of halogens is 4. The molecule has 1 aliphatic carbocycles. The van der Waals surface area contributed by atoms with Gasteiger partial charge in [0.25, 0.3) is 5.95 Å². The molecule has 1 aliphatic rings. The molecule has 0 aliphatic heterocycles. The van der Waals surface area contributed by atoms with Crippen LogP contribution in [-0.4, -0.2) is 31.7 Å². The van der Waals surface area contributed by atoms with Gasteiger partial charge in [0.05, 0.1) is 5.69 Å². The lowest BCUT2D eigenvalue weighted by Crippen LogP contribution is -2.32. The Morgan fingerprint density at radius 2 is 2.04 bits per heavy atom. The van der Waals surface area contributed by atoms with Gasteiger partial charge in [0, 0.05) is 31.1 Å². The molecule has 0 amide bonds. The van der Waals surface area contributed by atoms with Gasteiger partial charge in [-0.1, -0.05) is 11.6 Å². The molecular formula is C14H15ClF3N5. The van der Waals surface area contributed by atoms with Gasteiger partial charge in [-0.25, -0.2) is 17.9 Å². The molecule has 0 unspecified atom stereocenters. The van der Waals surface area contributed by atoms with Gasteiger partial charge < -0.3 is 5.32 Å². The van der Waals surface area contributed by atoms with Crippen LogP contribution in [-0.2, 0) is 6.67 Å². The SMILES string of the molecule is FCc1ccn(-c2nc(Cl)cc(NC3CCC(F)(F)CC3)n2)n1. The average molecular weight is 346 g/mol. The first-order chi connectivity index (χ1) is 10.9. The van der Waals surface area contributed by atoms with Crippen LogP contribution in [0.4, 0.5) is 19.0 Å². The number of rotatable bonds is 4. The van der Waals surface area contributed by atoms with Crippen molar-refractivity contribution in [3.63, 3.8) is 0 Å². The van der Waals surface area contributed by atoms with Crippen LogP contribution in [0.2, 0.25) is 5.15 Å². The third kappa shape index (κ3) is 3.93. The zero-order chi connectivity index (χ0) is 16.4. The highest BCUT2D eigenvalue weighted by molar-refractivity contribution is 6.29. The molecule has 2 aromatic heterocycles. The number of nitrogens with zero attached hydrogens (tertiary/aromatic N) is 4. The normalized spacial score (nSPS) is 18.1. The summed E-state index contributed by atoms with van der Waals surface area (Å²) < 4.78 is 40.3. The van der Waals surface area contributed by atoms with Gasteiger partial charge in [-0.3, -0.25) is 0 Å². The fourth-order valence-electron chi connectivity index (χ4n) is 2.52. The van der Waals surface area contributed by atoms with Crippen molar-refractivity contribution in [2.45, 2.75) is 44.3 Å². The smallest absolute Gasteiger partial charge is 0.253 e. The summed E-state index contributed by atoms with van der Waals surface area (Å²) >= 11 is 5.98. The highest BCUT2D eigenvalue weighted by Crippen LogP contribution is 2.34. The van der Waals surface area contributed by atoms with Crippen LogP contribution in [0.3, 0.4) is 0 Å². The number of anilines is 1. The molecule has 0 aromatic carbocycles. The zero-order valence-corrected chi connectivity index (χ0v) is 12.9. The second-order valence-corrected chi connectivity index (χ2v) is 5.92. The summed E-state index contributed by atoms with van der Waals surface area (Å²) in [6, 6.07) is 2.95. The minimum absolute atomic E-state index is 0.0903. The van der Waals surface area contributed by atoms with Gasteiger partial charge in [0.1, 0.15) is 17.6 Å². The van der Waals surface area contributed by atoms with E-state index in [4.69, 9.17) is 11.6 Å². The number of aromatic nitrogens is 4. The Morgan fingerprint density at radius 1 is 1.30 bits per heavy atom. The Kier molecular flexibility index (Phi) is 4.43. The van der Waals surface area contributed by atoms with E-state index in [1.165, 1.54) is 23.0 Å². The molecule has 0 atom stereocenters. The largest absolute Gasteiger partial charge is 0.367 e. The number of hydrogen-bond acceptors (Lipinski definition) is 4. The molecule has 1 saturated carbocycles. The molecule has 5 nitrogen and oxygen atoms in total. The summed E-state index contributed by atoms with van der Waals surface area (Å²) in [4.78, 5) is 8.31. The van der Waals surface area contributed by atoms with E-state index in [9.17, 15) is 13.2 Å². The average Bonchev–Trinajstić information content (AvgIpc) is 2.98. The van der Waals surface area contributed by atoms with Crippen molar-refractivity contribution in [1.82, 2.24) is 19.7 Å². The predicted molar refractivity (Wildman–Crippen MR) is 79.8 cm³/mol. The van der Waals surface area contributed by atoms with Gasteiger partial charge in [-0.2, -0.15) is 15.1 Å². The van der Waals surface area contributed by atoms with Gasteiger partial charge in [0.2, 0.25) is 5.92 Å². The van der Waals surface area contributed by atoms with Gasteiger partial charge in [0.15, 0.2) is 0 Å². The number of nitrogens with one attached hydrogen (secondary N) is 1. The highest BCUT2D eigenvalue weighted by Gasteiger charge is 2.34. The van der Waals surface area contributed by atoms with Crippen molar-refractivity contribution in [1.29, 1.82) is 0 Å². The lowest BCUT2D eigenvalue weighted by molar-refractivity contribution is -0.0361. The highest BCUT2D eigenvalue weighted by atomic mass is 35.5. The summed E-state index contributed by atoms with van der Waals surface area (Å²) in [5, 5.41) is 7.28. The maximum Gasteiger partial charge on any atom is 0.253 e. The molecule has 2 aromatic rings. The molecule has 124 valence electrons. The van der Waals surface area contributed by atoms with E-state index in [1.807, 2.05) is 0 Å².